The van der Waals surface area contributed by atoms with Gasteiger partial charge in [0.15, 0.2) is 11.5 Å². The van der Waals surface area contributed by atoms with Gasteiger partial charge >= 0.3 is 0 Å². The molecule has 1 amide bonds. The number of aromatic nitrogens is 2. The number of nitrogens with one attached hydrogen (secondary N) is 2. The second-order valence-electron chi connectivity index (χ2n) is 6.40. The molecule has 0 fully saturated rings. The Morgan fingerprint density at radius 1 is 1.17 bits per heavy atom. The van der Waals surface area contributed by atoms with E-state index in [0.29, 0.717) is 30.2 Å². The average Bonchev–Trinajstić information content (AvgIpc) is 3.25. The number of hydrogen-bond acceptors (Lipinski definition) is 6. The minimum Gasteiger partial charge on any atom is -0.504 e. The molecule has 3 aromatic rings. The summed E-state index contributed by atoms with van der Waals surface area (Å²) < 4.78 is 10.9. The number of rotatable bonds is 9. The first kappa shape index (κ1) is 20.9. The lowest BCUT2D eigenvalue weighted by atomic mass is 10.1. The van der Waals surface area contributed by atoms with E-state index in [0.717, 1.165) is 17.7 Å². The van der Waals surface area contributed by atoms with E-state index < -0.39 is 5.91 Å². The summed E-state index contributed by atoms with van der Waals surface area (Å²) in [6.45, 7) is 4.98. The van der Waals surface area contributed by atoms with E-state index in [1.165, 1.54) is 12.3 Å². The SMILES string of the molecule is CCCOc1ccc(-c2cc(C(=O)N/N=C\c3ccc(O)c(OCC)c3)[nH]n2)cc1. The predicted octanol–water partition coefficient (Wildman–Crippen LogP) is 3.73. The molecule has 2 aromatic carbocycles. The van der Waals surface area contributed by atoms with Crippen molar-refractivity contribution in [1.29, 1.82) is 0 Å². The van der Waals surface area contributed by atoms with Gasteiger partial charge < -0.3 is 14.6 Å². The first-order chi connectivity index (χ1) is 14.6. The number of nitrogens with zero attached hydrogens (tertiary/aromatic N) is 2. The van der Waals surface area contributed by atoms with Crippen molar-refractivity contribution in [2.45, 2.75) is 20.3 Å². The molecule has 156 valence electrons. The summed E-state index contributed by atoms with van der Waals surface area (Å²) in [4.78, 5) is 12.3. The molecule has 3 N–H and O–H groups in total. The molecule has 0 bridgehead atoms. The fraction of sp³-hybridized carbons (Fsp3) is 0.227. The summed E-state index contributed by atoms with van der Waals surface area (Å²) in [5.74, 6) is 0.784. The van der Waals surface area contributed by atoms with Crippen LogP contribution in [0.25, 0.3) is 11.3 Å². The highest BCUT2D eigenvalue weighted by atomic mass is 16.5. The van der Waals surface area contributed by atoms with Crippen LogP contribution in [0.4, 0.5) is 0 Å². The molecular weight excluding hydrogens is 384 g/mol. The molecule has 0 saturated heterocycles. The van der Waals surface area contributed by atoms with Gasteiger partial charge in [0, 0.05) is 5.56 Å². The first-order valence-corrected chi connectivity index (χ1v) is 9.68. The molecule has 3 rings (SSSR count). The minimum atomic E-state index is -0.420. The van der Waals surface area contributed by atoms with Crippen LogP contribution in [-0.2, 0) is 0 Å². The zero-order valence-corrected chi connectivity index (χ0v) is 16.9. The summed E-state index contributed by atoms with van der Waals surface area (Å²) in [5.41, 5.74) is 4.92. The lowest BCUT2D eigenvalue weighted by Gasteiger charge is -2.05. The van der Waals surface area contributed by atoms with Crippen molar-refractivity contribution in [3.8, 4) is 28.5 Å². The molecule has 8 nitrogen and oxygen atoms in total. The fourth-order valence-electron chi connectivity index (χ4n) is 2.64. The molecule has 0 spiro atoms. The van der Waals surface area contributed by atoms with Gasteiger partial charge in [0.25, 0.3) is 5.91 Å². The second kappa shape index (κ2) is 10.1. The number of hydrazone groups is 1. The van der Waals surface area contributed by atoms with Crippen LogP contribution in [0.5, 0.6) is 17.2 Å². The molecule has 0 aliphatic rings. The van der Waals surface area contributed by atoms with Crippen LogP contribution >= 0.6 is 0 Å². The molecule has 0 atom stereocenters. The number of phenols is 1. The Morgan fingerprint density at radius 2 is 1.97 bits per heavy atom. The Labute approximate surface area is 174 Å². The quantitative estimate of drug-likeness (QED) is 0.369. The molecular formula is C22H24N4O4. The van der Waals surface area contributed by atoms with Crippen LogP contribution in [0.1, 0.15) is 36.3 Å². The first-order valence-electron chi connectivity index (χ1n) is 9.68. The smallest absolute Gasteiger partial charge is 0.289 e. The summed E-state index contributed by atoms with van der Waals surface area (Å²) >= 11 is 0. The predicted molar refractivity (Wildman–Crippen MR) is 114 cm³/mol. The van der Waals surface area contributed by atoms with Crippen molar-refractivity contribution in [2.75, 3.05) is 13.2 Å². The van der Waals surface area contributed by atoms with Crippen LogP contribution in [0.3, 0.4) is 0 Å². The maximum absolute atomic E-state index is 12.3. The average molecular weight is 408 g/mol. The minimum absolute atomic E-state index is 0.0491. The van der Waals surface area contributed by atoms with Crippen LogP contribution in [0.15, 0.2) is 53.6 Å². The van der Waals surface area contributed by atoms with E-state index in [1.54, 1.807) is 18.2 Å². The molecule has 0 aliphatic carbocycles. The van der Waals surface area contributed by atoms with Crippen LogP contribution < -0.4 is 14.9 Å². The Hall–Kier alpha value is -3.81. The Balaban J connectivity index is 1.61. The number of amides is 1. The van der Waals surface area contributed by atoms with Gasteiger partial charge in [0.2, 0.25) is 0 Å². The fourth-order valence-corrected chi connectivity index (χ4v) is 2.64. The number of H-pyrrole nitrogens is 1. The number of hydrogen-bond donors (Lipinski definition) is 3. The number of carbonyl (C=O) groups is 1. The summed E-state index contributed by atoms with van der Waals surface area (Å²) in [6, 6.07) is 14.0. The Kier molecular flexibility index (Phi) is 7.05. The molecule has 0 unspecified atom stereocenters. The third kappa shape index (κ3) is 5.38. The molecule has 0 radical (unpaired) electrons. The molecule has 8 heteroatoms. The van der Waals surface area contributed by atoms with E-state index in [4.69, 9.17) is 9.47 Å². The highest BCUT2D eigenvalue weighted by Gasteiger charge is 2.10. The van der Waals surface area contributed by atoms with Crippen LogP contribution in [0, 0.1) is 0 Å². The third-order valence-electron chi connectivity index (χ3n) is 4.11. The second-order valence-corrected chi connectivity index (χ2v) is 6.40. The van der Waals surface area contributed by atoms with Crippen molar-refractivity contribution in [3.63, 3.8) is 0 Å². The highest BCUT2D eigenvalue weighted by molar-refractivity contribution is 5.94. The number of aromatic amines is 1. The molecule has 1 aromatic heterocycles. The van der Waals surface area contributed by atoms with Gasteiger partial charge in [0.05, 0.1) is 25.1 Å². The number of ether oxygens (including phenoxy) is 2. The third-order valence-corrected chi connectivity index (χ3v) is 4.11. The van der Waals surface area contributed by atoms with E-state index in [1.807, 2.05) is 31.2 Å². The van der Waals surface area contributed by atoms with Crippen molar-refractivity contribution < 1.29 is 19.4 Å². The number of benzene rings is 2. The molecule has 1 heterocycles. The van der Waals surface area contributed by atoms with Crippen molar-refractivity contribution in [2.24, 2.45) is 5.10 Å². The highest BCUT2D eigenvalue weighted by Crippen LogP contribution is 2.26. The number of aromatic hydroxyl groups is 1. The van der Waals surface area contributed by atoms with Gasteiger partial charge in [-0.25, -0.2) is 5.43 Å². The lowest BCUT2D eigenvalue weighted by molar-refractivity contribution is 0.0950. The molecule has 30 heavy (non-hydrogen) atoms. The molecule has 0 saturated carbocycles. The van der Waals surface area contributed by atoms with Crippen molar-refractivity contribution in [1.82, 2.24) is 15.6 Å². The van der Waals surface area contributed by atoms with Crippen molar-refractivity contribution >= 4 is 12.1 Å². The van der Waals surface area contributed by atoms with E-state index in [-0.39, 0.29) is 11.4 Å². The Morgan fingerprint density at radius 3 is 2.70 bits per heavy atom. The van der Waals surface area contributed by atoms with E-state index >= 15 is 0 Å². The summed E-state index contributed by atoms with van der Waals surface area (Å²) in [7, 11) is 0. The largest absolute Gasteiger partial charge is 0.504 e. The lowest BCUT2D eigenvalue weighted by Crippen LogP contribution is -2.18. The topological polar surface area (TPSA) is 109 Å². The van der Waals surface area contributed by atoms with Gasteiger partial charge in [-0.2, -0.15) is 10.2 Å². The van der Waals surface area contributed by atoms with Gasteiger partial charge in [0.1, 0.15) is 11.4 Å². The van der Waals surface area contributed by atoms with Gasteiger partial charge in [-0.1, -0.05) is 6.92 Å². The zero-order valence-electron chi connectivity index (χ0n) is 16.9. The maximum Gasteiger partial charge on any atom is 0.289 e. The van der Waals surface area contributed by atoms with Gasteiger partial charge in [-0.15, -0.1) is 0 Å². The van der Waals surface area contributed by atoms with Gasteiger partial charge in [-0.05, 0) is 67.4 Å². The normalized spacial score (nSPS) is 10.9. The van der Waals surface area contributed by atoms with E-state index in [9.17, 15) is 9.90 Å². The maximum atomic E-state index is 12.3. The monoisotopic (exact) mass is 408 g/mol. The van der Waals surface area contributed by atoms with Crippen LogP contribution in [0.2, 0.25) is 0 Å². The van der Waals surface area contributed by atoms with Crippen molar-refractivity contribution in [3.05, 3.63) is 59.8 Å². The van der Waals surface area contributed by atoms with E-state index in [2.05, 4.69) is 27.6 Å². The Bertz CT molecular complexity index is 1010. The standard InChI is InChI=1S/C22H24N4O4/c1-3-11-30-17-8-6-16(7-9-17)18-13-19(25-24-18)22(28)26-23-14-15-5-10-20(27)21(12-15)29-4-2/h5-10,12-14,27H,3-4,11H2,1-2H3,(H,24,25)(H,26,28)/b23-14-. The van der Waals surface area contributed by atoms with Crippen LogP contribution in [-0.4, -0.2) is 40.6 Å². The summed E-state index contributed by atoms with van der Waals surface area (Å²) in [6.07, 6.45) is 2.41. The number of phenolic OH excluding ortho intramolecular Hbond substituents is 1. The molecule has 0 aliphatic heterocycles. The number of carbonyl (C=O) groups excluding carboxylic acids is 1. The summed E-state index contributed by atoms with van der Waals surface area (Å²) in [5, 5.41) is 20.6. The zero-order chi connectivity index (χ0) is 21.3. The van der Waals surface area contributed by atoms with Gasteiger partial charge in [-0.3, -0.25) is 9.89 Å².